The van der Waals surface area contributed by atoms with Crippen molar-refractivity contribution in [1.82, 2.24) is 15.2 Å². The van der Waals surface area contributed by atoms with E-state index >= 15 is 0 Å². The van der Waals surface area contributed by atoms with Crippen LogP contribution in [0.4, 0.5) is 0 Å². The molecule has 2 aromatic heterocycles. The van der Waals surface area contributed by atoms with E-state index in [9.17, 15) is 14.4 Å². The maximum absolute atomic E-state index is 12.6. The molecule has 1 aliphatic heterocycles. The first-order chi connectivity index (χ1) is 11.4. The largest absolute Gasteiger partial charge is 0.466 e. The van der Waals surface area contributed by atoms with Crippen LogP contribution in [0.15, 0.2) is 39.7 Å². The first kappa shape index (κ1) is 16.0. The summed E-state index contributed by atoms with van der Waals surface area (Å²) in [5.74, 6) is 1.10. The summed E-state index contributed by atoms with van der Waals surface area (Å²) < 4.78 is 5.69. The van der Waals surface area contributed by atoms with Crippen LogP contribution < -0.4 is 10.9 Å². The number of likely N-dealkylation sites (tertiary alicyclic amines) is 1. The van der Waals surface area contributed by atoms with Gasteiger partial charge in [0.1, 0.15) is 11.5 Å². The molecule has 0 bridgehead atoms. The summed E-state index contributed by atoms with van der Waals surface area (Å²) in [7, 11) is 0. The van der Waals surface area contributed by atoms with Crippen LogP contribution in [0.1, 0.15) is 34.7 Å². The number of carbonyl (C=O) groups is 2. The molecule has 0 unspecified atom stereocenters. The maximum atomic E-state index is 12.6. The molecule has 1 saturated heterocycles. The van der Waals surface area contributed by atoms with Crippen molar-refractivity contribution in [3.05, 3.63) is 57.9 Å². The molecule has 7 heteroatoms. The van der Waals surface area contributed by atoms with Crippen molar-refractivity contribution in [1.29, 1.82) is 0 Å². The molecule has 0 radical (unpaired) electrons. The highest BCUT2D eigenvalue weighted by atomic mass is 16.3. The third-order valence-corrected chi connectivity index (χ3v) is 4.15. The molecule has 2 N–H and O–H groups in total. The van der Waals surface area contributed by atoms with Crippen LogP contribution in [0, 0.1) is 6.92 Å². The highest BCUT2D eigenvalue weighted by Crippen LogP contribution is 2.30. The summed E-state index contributed by atoms with van der Waals surface area (Å²) in [6, 6.07) is 6.36. The van der Waals surface area contributed by atoms with E-state index in [1.54, 1.807) is 4.90 Å². The molecule has 3 rings (SSSR count). The highest BCUT2D eigenvalue weighted by Gasteiger charge is 2.38. The number of amides is 2. The zero-order chi connectivity index (χ0) is 17.3. The monoisotopic (exact) mass is 329 g/mol. The molecule has 0 aliphatic carbocycles. The number of hydrogen-bond acceptors (Lipinski definition) is 4. The number of carbonyl (C=O) groups excluding carboxylic acids is 2. The number of nitrogens with one attached hydrogen (secondary N) is 2. The quantitative estimate of drug-likeness (QED) is 0.879. The Morgan fingerprint density at radius 1 is 1.25 bits per heavy atom. The van der Waals surface area contributed by atoms with Crippen LogP contribution in [0.2, 0.25) is 0 Å². The summed E-state index contributed by atoms with van der Waals surface area (Å²) in [4.78, 5) is 39.4. The van der Waals surface area contributed by atoms with Gasteiger partial charge in [0.05, 0.1) is 17.5 Å². The molecule has 2 atom stereocenters. The van der Waals surface area contributed by atoms with Gasteiger partial charge in [0, 0.05) is 32.3 Å². The van der Waals surface area contributed by atoms with Gasteiger partial charge in [0.2, 0.25) is 11.5 Å². The van der Waals surface area contributed by atoms with E-state index in [1.165, 1.54) is 25.3 Å². The fourth-order valence-corrected chi connectivity index (χ4v) is 3.04. The van der Waals surface area contributed by atoms with Crippen molar-refractivity contribution >= 4 is 11.8 Å². The van der Waals surface area contributed by atoms with Gasteiger partial charge >= 0.3 is 0 Å². The number of H-pyrrole nitrogens is 1. The molecule has 7 nitrogen and oxygen atoms in total. The lowest BCUT2D eigenvalue weighted by molar-refractivity contribution is -0.119. The minimum atomic E-state index is -0.256. The van der Waals surface area contributed by atoms with E-state index in [1.807, 2.05) is 19.1 Å². The second kappa shape index (κ2) is 6.35. The molecule has 1 aliphatic rings. The van der Waals surface area contributed by atoms with Crippen molar-refractivity contribution < 1.29 is 14.0 Å². The third-order valence-electron chi connectivity index (χ3n) is 4.15. The van der Waals surface area contributed by atoms with Gasteiger partial charge in [0.25, 0.3) is 5.91 Å². The SMILES string of the molecule is CC(=O)N[C@@H]1CN(C(=O)c2ccc(=O)[nH]c2)C[C@H]1c1ccc(C)o1. The second-order valence-corrected chi connectivity index (χ2v) is 6.01. The first-order valence-corrected chi connectivity index (χ1v) is 7.75. The number of aryl methyl sites for hydroxylation is 1. The average molecular weight is 329 g/mol. The van der Waals surface area contributed by atoms with Crippen LogP contribution >= 0.6 is 0 Å². The van der Waals surface area contributed by atoms with E-state index in [0.717, 1.165) is 11.5 Å². The fraction of sp³-hybridized carbons (Fsp3) is 0.353. The Balaban J connectivity index is 1.83. The summed E-state index contributed by atoms with van der Waals surface area (Å²) in [6.45, 7) is 4.14. The zero-order valence-corrected chi connectivity index (χ0v) is 13.5. The lowest BCUT2D eigenvalue weighted by atomic mass is 10.0. The number of rotatable bonds is 3. The summed E-state index contributed by atoms with van der Waals surface area (Å²) in [6.07, 6.45) is 1.41. The molecular formula is C17H19N3O4. The van der Waals surface area contributed by atoms with E-state index in [4.69, 9.17) is 4.42 Å². The minimum Gasteiger partial charge on any atom is -0.466 e. The van der Waals surface area contributed by atoms with Gasteiger partial charge in [-0.15, -0.1) is 0 Å². The molecule has 126 valence electrons. The molecule has 24 heavy (non-hydrogen) atoms. The van der Waals surface area contributed by atoms with Crippen LogP contribution in [0.5, 0.6) is 0 Å². The van der Waals surface area contributed by atoms with E-state index in [0.29, 0.717) is 18.7 Å². The average Bonchev–Trinajstić information content (AvgIpc) is 3.13. The second-order valence-electron chi connectivity index (χ2n) is 6.01. The van der Waals surface area contributed by atoms with Gasteiger partial charge in [-0.1, -0.05) is 0 Å². The van der Waals surface area contributed by atoms with E-state index in [2.05, 4.69) is 10.3 Å². The van der Waals surface area contributed by atoms with Crippen LogP contribution in [-0.2, 0) is 4.79 Å². The van der Waals surface area contributed by atoms with Crippen molar-refractivity contribution in [3.8, 4) is 0 Å². The number of pyridine rings is 1. The molecule has 0 aromatic carbocycles. The predicted molar refractivity (Wildman–Crippen MR) is 86.8 cm³/mol. The predicted octanol–water partition coefficient (Wildman–Crippen LogP) is 1.02. The van der Waals surface area contributed by atoms with Crippen LogP contribution in [0.3, 0.4) is 0 Å². The molecule has 0 saturated carbocycles. The van der Waals surface area contributed by atoms with E-state index in [-0.39, 0.29) is 29.3 Å². The van der Waals surface area contributed by atoms with Crippen molar-refractivity contribution in [2.24, 2.45) is 0 Å². The van der Waals surface area contributed by atoms with Gasteiger partial charge in [-0.2, -0.15) is 0 Å². The van der Waals surface area contributed by atoms with Gasteiger partial charge in [-0.3, -0.25) is 14.4 Å². The highest BCUT2D eigenvalue weighted by molar-refractivity contribution is 5.94. The Labute approximate surface area is 138 Å². The molecule has 3 heterocycles. The van der Waals surface area contributed by atoms with Crippen LogP contribution in [0.25, 0.3) is 0 Å². The minimum absolute atomic E-state index is 0.102. The first-order valence-electron chi connectivity index (χ1n) is 7.75. The topological polar surface area (TPSA) is 95.4 Å². The Morgan fingerprint density at radius 3 is 2.62 bits per heavy atom. The Hall–Kier alpha value is -2.83. The van der Waals surface area contributed by atoms with E-state index < -0.39 is 0 Å². The Bertz CT molecular complexity index is 803. The summed E-state index contributed by atoms with van der Waals surface area (Å²) in [5, 5.41) is 2.89. The Kier molecular flexibility index (Phi) is 4.24. The van der Waals surface area contributed by atoms with Gasteiger partial charge in [-0.25, -0.2) is 0 Å². The third kappa shape index (κ3) is 3.24. The fourth-order valence-electron chi connectivity index (χ4n) is 3.04. The van der Waals surface area contributed by atoms with Crippen LogP contribution in [-0.4, -0.2) is 40.8 Å². The maximum Gasteiger partial charge on any atom is 0.255 e. The molecule has 1 fully saturated rings. The smallest absolute Gasteiger partial charge is 0.255 e. The van der Waals surface area contributed by atoms with Gasteiger partial charge < -0.3 is 19.6 Å². The number of nitrogens with zero attached hydrogens (tertiary/aromatic N) is 1. The lowest BCUT2D eigenvalue weighted by Gasteiger charge is -2.17. The number of aromatic amines is 1. The lowest BCUT2D eigenvalue weighted by Crippen LogP contribution is -2.39. The molecular weight excluding hydrogens is 310 g/mol. The number of hydrogen-bond donors (Lipinski definition) is 2. The van der Waals surface area contributed by atoms with Gasteiger partial charge in [-0.05, 0) is 25.1 Å². The molecule has 2 aromatic rings. The number of aromatic nitrogens is 1. The number of furan rings is 1. The summed E-state index contributed by atoms with van der Waals surface area (Å²) >= 11 is 0. The van der Waals surface area contributed by atoms with Crippen molar-refractivity contribution in [2.75, 3.05) is 13.1 Å². The standard InChI is InChI=1S/C17H19N3O4/c1-10-3-5-15(24-10)13-8-20(9-14(13)19-11(2)21)17(23)12-4-6-16(22)18-7-12/h3-7,13-14H,8-9H2,1-2H3,(H,18,22)(H,19,21)/t13-,14-/m1/s1. The van der Waals surface area contributed by atoms with Gasteiger partial charge in [0.15, 0.2) is 0 Å². The Morgan fingerprint density at radius 2 is 2.04 bits per heavy atom. The normalized spacial score (nSPS) is 20.2. The zero-order valence-electron chi connectivity index (χ0n) is 13.5. The van der Waals surface area contributed by atoms with Crippen molar-refractivity contribution in [3.63, 3.8) is 0 Å². The van der Waals surface area contributed by atoms with Crippen molar-refractivity contribution in [2.45, 2.75) is 25.8 Å². The summed E-state index contributed by atoms with van der Waals surface area (Å²) in [5.41, 5.74) is 0.153. The molecule has 2 amide bonds. The molecule has 0 spiro atoms.